The second-order valence-electron chi connectivity index (χ2n) is 7.57. The van der Waals surface area contributed by atoms with E-state index in [4.69, 9.17) is 0 Å². The first kappa shape index (κ1) is 20.8. The van der Waals surface area contributed by atoms with Crippen molar-refractivity contribution in [2.75, 3.05) is 26.4 Å². The fourth-order valence-electron chi connectivity index (χ4n) is 3.40. The van der Waals surface area contributed by atoms with Crippen molar-refractivity contribution < 1.29 is 8.42 Å². The average molecular weight is 408 g/mol. The molecule has 8 nitrogen and oxygen atoms in total. The van der Waals surface area contributed by atoms with Crippen LogP contribution < -0.4 is 10.4 Å². The van der Waals surface area contributed by atoms with Gasteiger partial charge in [0.25, 0.3) is 0 Å². The van der Waals surface area contributed by atoms with E-state index in [0.29, 0.717) is 38.8 Å². The van der Waals surface area contributed by atoms with Crippen molar-refractivity contribution in [1.29, 1.82) is 0 Å². The van der Waals surface area contributed by atoms with Gasteiger partial charge >= 0.3 is 5.69 Å². The van der Waals surface area contributed by atoms with E-state index in [1.807, 2.05) is 49.3 Å². The highest BCUT2D eigenvalue weighted by molar-refractivity contribution is 7.89. The molecule has 1 atom stereocenters. The van der Waals surface area contributed by atoms with E-state index in [1.165, 1.54) is 4.68 Å². The van der Waals surface area contributed by atoms with Gasteiger partial charge in [-0.05, 0) is 38.9 Å². The van der Waals surface area contributed by atoms with E-state index in [9.17, 15) is 13.2 Å². The number of hydrogen-bond acceptors (Lipinski definition) is 5. The lowest BCUT2D eigenvalue weighted by Gasteiger charge is -2.16. The van der Waals surface area contributed by atoms with Crippen molar-refractivity contribution in [3.63, 3.8) is 0 Å². The fraction of sp³-hybridized carbons (Fsp3) is 0.579. The maximum atomic E-state index is 12.5. The Bertz CT molecular complexity index is 934. The second kappa shape index (κ2) is 9.02. The highest BCUT2D eigenvalue weighted by atomic mass is 32.2. The lowest BCUT2D eigenvalue weighted by atomic mass is 10.1. The van der Waals surface area contributed by atoms with Crippen molar-refractivity contribution in [2.45, 2.75) is 44.8 Å². The predicted molar refractivity (Wildman–Crippen MR) is 109 cm³/mol. The van der Waals surface area contributed by atoms with Gasteiger partial charge < -0.3 is 4.90 Å². The van der Waals surface area contributed by atoms with Crippen LogP contribution in [0.2, 0.25) is 0 Å². The number of fused-ring (bicyclic) bond motifs is 1. The largest absolute Gasteiger partial charge is 0.345 e. The normalized spacial score (nSPS) is 17.5. The fourth-order valence-corrected chi connectivity index (χ4v) is 4.76. The van der Waals surface area contributed by atoms with Gasteiger partial charge in [-0.3, -0.25) is 4.57 Å². The van der Waals surface area contributed by atoms with Crippen LogP contribution >= 0.6 is 0 Å². The Hall–Kier alpha value is -1.97. The number of nitrogens with one attached hydrogen (secondary N) is 1. The van der Waals surface area contributed by atoms with Crippen LogP contribution in [0.4, 0.5) is 0 Å². The summed E-state index contributed by atoms with van der Waals surface area (Å²) in [6.07, 6.45) is 2.32. The Kier molecular flexibility index (Phi) is 6.69. The summed E-state index contributed by atoms with van der Waals surface area (Å²) in [5.74, 6) is 0.810. The van der Waals surface area contributed by atoms with Crippen LogP contribution in [0, 0.1) is 0 Å². The van der Waals surface area contributed by atoms with E-state index in [-0.39, 0.29) is 17.5 Å². The van der Waals surface area contributed by atoms with E-state index >= 15 is 0 Å². The van der Waals surface area contributed by atoms with E-state index in [2.05, 4.69) is 9.82 Å². The van der Waals surface area contributed by atoms with Crippen LogP contribution in [0.25, 0.3) is 0 Å². The molecule has 0 spiro atoms. The van der Waals surface area contributed by atoms with E-state index in [0.717, 1.165) is 17.9 Å². The first-order chi connectivity index (χ1) is 13.3. The number of sulfonamides is 1. The van der Waals surface area contributed by atoms with Gasteiger partial charge in [0.05, 0.1) is 12.3 Å². The van der Waals surface area contributed by atoms with Crippen molar-refractivity contribution >= 4 is 10.0 Å². The molecule has 9 heteroatoms. The molecule has 1 aliphatic heterocycles. The molecule has 0 saturated heterocycles. The van der Waals surface area contributed by atoms with Gasteiger partial charge in [-0.15, -0.1) is 0 Å². The molecule has 28 heavy (non-hydrogen) atoms. The smallest absolute Gasteiger partial charge is 0.308 e. The molecule has 154 valence electrons. The summed E-state index contributed by atoms with van der Waals surface area (Å²) >= 11 is 0. The van der Waals surface area contributed by atoms with Gasteiger partial charge in [0.1, 0.15) is 5.82 Å². The summed E-state index contributed by atoms with van der Waals surface area (Å²) in [4.78, 5) is 14.5. The molecule has 1 N–H and O–H groups in total. The molecular formula is C19H29N5O3S. The zero-order chi connectivity index (χ0) is 20.1. The molecule has 0 radical (unpaired) electrons. The first-order valence-electron chi connectivity index (χ1n) is 9.69. The van der Waals surface area contributed by atoms with Gasteiger partial charge in [-0.25, -0.2) is 22.6 Å². The summed E-state index contributed by atoms with van der Waals surface area (Å²) in [6, 6.07) is 9.43. The van der Waals surface area contributed by atoms with Gasteiger partial charge in [0, 0.05) is 25.6 Å². The molecule has 2 heterocycles. The molecule has 1 aromatic carbocycles. The van der Waals surface area contributed by atoms with Crippen molar-refractivity contribution in [2.24, 2.45) is 0 Å². The monoisotopic (exact) mass is 407 g/mol. The molecule has 2 aromatic rings. The van der Waals surface area contributed by atoms with E-state index in [1.54, 1.807) is 4.57 Å². The average Bonchev–Trinajstić information content (AvgIpc) is 2.82. The first-order valence-corrected chi connectivity index (χ1v) is 11.3. The molecule has 0 saturated carbocycles. The summed E-state index contributed by atoms with van der Waals surface area (Å²) in [6.45, 7) is 1.80. The van der Waals surface area contributed by atoms with Crippen molar-refractivity contribution in [1.82, 2.24) is 24.0 Å². The SMILES string of the molecule is CN(C)CCn1nc2n(c1=O)CCC(NS(=O)(=O)CCc1ccccc1)CC2. The van der Waals surface area contributed by atoms with Crippen LogP contribution in [0.15, 0.2) is 35.1 Å². The Balaban J connectivity index is 1.57. The Morgan fingerprint density at radius 3 is 2.68 bits per heavy atom. The zero-order valence-electron chi connectivity index (χ0n) is 16.5. The summed E-state index contributed by atoms with van der Waals surface area (Å²) < 4.78 is 30.9. The minimum Gasteiger partial charge on any atom is -0.308 e. The highest BCUT2D eigenvalue weighted by Gasteiger charge is 2.24. The summed E-state index contributed by atoms with van der Waals surface area (Å²) in [7, 11) is 0.547. The van der Waals surface area contributed by atoms with Crippen LogP contribution in [0.3, 0.4) is 0 Å². The van der Waals surface area contributed by atoms with Crippen molar-refractivity contribution in [3.8, 4) is 0 Å². The molecule has 0 fully saturated rings. The molecule has 0 amide bonds. The van der Waals surface area contributed by atoms with Gasteiger partial charge in [0.15, 0.2) is 0 Å². The number of aromatic nitrogens is 3. The maximum Gasteiger partial charge on any atom is 0.345 e. The van der Waals surface area contributed by atoms with E-state index < -0.39 is 10.0 Å². The maximum absolute atomic E-state index is 12.5. The van der Waals surface area contributed by atoms with Crippen molar-refractivity contribution in [3.05, 3.63) is 52.2 Å². The molecule has 0 bridgehead atoms. The number of benzene rings is 1. The number of likely N-dealkylation sites (N-methyl/N-ethyl adjacent to an activating group) is 1. The lowest BCUT2D eigenvalue weighted by Crippen LogP contribution is -2.37. The molecular weight excluding hydrogens is 378 g/mol. The van der Waals surface area contributed by atoms with Gasteiger partial charge in [-0.1, -0.05) is 30.3 Å². The minimum atomic E-state index is -3.37. The topological polar surface area (TPSA) is 89.2 Å². The second-order valence-corrected chi connectivity index (χ2v) is 9.45. The van der Waals surface area contributed by atoms with Crippen LogP contribution in [-0.4, -0.2) is 60.1 Å². The Morgan fingerprint density at radius 2 is 1.96 bits per heavy atom. The summed E-state index contributed by atoms with van der Waals surface area (Å²) in [5.41, 5.74) is 0.900. The predicted octanol–water partition coefficient (Wildman–Crippen LogP) is 0.473. The minimum absolute atomic E-state index is 0.0649. The number of nitrogens with zero attached hydrogens (tertiary/aromatic N) is 4. The third-order valence-corrected chi connectivity index (χ3v) is 6.46. The molecule has 1 unspecified atom stereocenters. The van der Waals surface area contributed by atoms with Gasteiger partial charge in [0.2, 0.25) is 10.0 Å². The van der Waals surface area contributed by atoms with Crippen LogP contribution in [-0.2, 0) is 36.0 Å². The third-order valence-electron chi connectivity index (χ3n) is 5.02. The summed E-state index contributed by atoms with van der Waals surface area (Å²) in [5, 5.41) is 4.45. The van der Waals surface area contributed by atoms with Gasteiger partial charge in [-0.2, -0.15) is 5.10 Å². The van der Waals surface area contributed by atoms with Crippen LogP contribution in [0.1, 0.15) is 24.2 Å². The third kappa shape index (κ3) is 5.52. The zero-order valence-corrected chi connectivity index (χ0v) is 17.4. The molecule has 1 aliphatic rings. The lowest BCUT2D eigenvalue weighted by molar-refractivity contribution is 0.367. The standard InChI is InChI=1S/C19H29N5O3S/c1-22(2)13-14-24-19(25)23-12-10-17(8-9-18(23)20-24)21-28(26,27)15-11-16-6-4-3-5-7-16/h3-7,17,21H,8-15H2,1-2H3. The number of rotatable bonds is 8. The quantitative estimate of drug-likeness (QED) is 0.687. The Labute approximate surface area is 166 Å². The highest BCUT2D eigenvalue weighted by Crippen LogP contribution is 2.13. The number of aryl methyl sites for hydroxylation is 2. The Morgan fingerprint density at radius 1 is 1.21 bits per heavy atom. The molecule has 0 aliphatic carbocycles. The van der Waals surface area contributed by atoms with Crippen LogP contribution in [0.5, 0.6) is 0 Å². The molecule has 3 rings (SSSR count). The number of hydrogen-bond donors (Lipinski definition) is 1. The molecule has 1 aromatic heterocycles.